The number of nitrogens with one attached hydrogen (secondary N) is 1. The van der Waals surface area contributed by atoms with Gasteiger partial charge in [0.1, 0.15) is 12.6 Å². The number of benzene rings is 3. The summed E-state index contributed by atoms with van der Waals surface area (Å²) in [6.07, 6.45) is 0.700. The molecule has 0 unspecified atom stereocenters. The van der Waals surface area contributed by atoms with Crippen molar-refractivity contribution in [2.45, 2.75) is 37.8 Å². The summed E-state index contributed by atoms with van der Waals surface area (Å²) in [7, 11) is -4.27. The monoisotopic (exact) mass is 629 g/mol. The Hall–Kier alpha value is -2.49. The number of carbonyl (C=O) groups is 2. The van der Waals surface area contributed by atoms with Gasteiger partial charge in [0.15, 0.2) is 0 Å². The fraction of sp³-hybridized carbons (Fsp3) is 0.259. The van der Waals surface area contributed by atoms with Crippen molar-refractivity contribution in [1.29, 1.82) is 0 Å². The Morgan fingerprint density at radius 3 is 2.26 bits per heavy atom. The van der Waals surface area contributed by atoms with E-state index in [-0.39, 0.29) is 27.2 Å². The molecule has 0 aliphatic rings. The molecule has 0 radical (unpaired) electrons. The van der Waals surface area contributed by atoms with Crippen LogP contribution in [0.5, 0.6) is 0 Å². The van der Waals surface area contributed by atoms with Gasteiger partial charge in [0, 0.05) is 23.1 Å². The van der Waals surface area contributed by atoms with E-state index < -0.39 is 34.4 Å². The summed E-state index contributed by atoms with van der Waals surface area (Å²) in [4.78, 5) is 28.0. The minimum atomic E-state index is -4.27. The van der Waals surface area contributed by atoms with E-state index in [1.165, 1.54) is 41.3 Å². The van der Waals surface area contributed by atoms with Crippen LogP contribution >= 0.6 is 46.4 Å². The van der Waals surface area contributed by atoms with Crippen LogP contribution in [0.4, 0.5) is 5.69 Å². The molecular formula is C27H27Cl4N3O4S. The molecule has 0 aromatic heterocycles. The number of hydrogen-bond donors (Lipinski definition) is 1. The lowest BCUT2D eigenvalue weighted by Gasteiger charge is -2.32. The van der Waals surface area contributed by atoms with Gasteiger partial charge in [-0.15, -0.1) is 0 Å². The molecule has 0 saturated heterocycles. The standard InChI is InChI=1S/C27H27Cl4N3O4S/c1-3-14-32-27(36)18(2)33(16-19-12-13-20(28)15-23(19)30)25(35)17-34(24-11-7-10-22(29)26(24)31)39(37,38)21-8-5-4-6-9-21/h4-13,15,18H,3,14,16-17H2,1-2H3,(H,32,36)/t18-/m1/s1. The fourth-order valence-electron chi connectivity index (χ4n) is 3.73. The summed E-state index contributed by atoms with van der Waals surface area (Å²) in [6, 6.07) is 16.0. The van der Waals surface area contributed by atoms with Crippen molar-refractivity contribution in [1.82, 2.24) is 10.2 Å². The van der Waals surface area contributed by atoms with Gasteiger partial charge in [0.2, 0.25) is 11.8 Å². The van der Waals surface area contributed by atoms with Crippen molar-refractivity contribution in [2.75, 3.05) is 17.4 Å². The molecule has 3 rings (SSSR count). The van der Waals surface area contributed by atoms with E-state index in [1.54, 1.807) is 37.3 Å². The van der Waals surface area contributed by atoms with Crippen molar-refractivity contribution < 1.29 is 18.0 Å². The number of hydrogen-bond acceptors (Lipinski definition) is 4. The highest BCUT2D eigenvalue weighted by atomic mass is 35.5. The van der Waals surface area contributed by atoms with Gasteiger partial charge in [0.05, 0.1) is 20.6 Å². The molecule has 12 heteroatoms. The summed E-state index contributed by atoms with van der Waals surface area (Å²) in [6.45, 7) is 3.16. The second-order valence-corrected chi connectivity index (χ2v) is 12.1. The third-order valence-corrected chi connectivity index (χ3v) is 9.05. The van der Waals surface area contributed by atoms with Crippen LogP contribution in [0.3, 0.4) is 0 Å². The summed E-state index contributed by atoms with van der Waals surface area (Å²) in [5.74, 6) is -1.05. The van der Waals surface area contributed by atoms with Gasteiger partial charge in [-0.3, -0.25) is 13.9 Å². The smallest absolute Gasteiger partial charge is 0.264 e. The van der Waals surface area contributed by atoms with Gasteiger partial charge in [0.25, 0.3) is 10.0 Å². The van der Waals surface area contributed by atoms with Crippen LogP contribution in [-0.2, 0) is 26.2 Å². The molecule has 3 aromatic rings. The minimum absolute atomic E-state index is 0.0222. The van der Waals surface area contributed by atoms with Gasteiger partial charge < -0.3 is 10.2 Å². The Bertz CT molecular complexity index is 1440. The molecule has 208 valence electrons. The second kappa shape index (κ2) is 13.7. The number of sulfonamides is 1. The molecule has 0 bridgehead atoms. The predicted molar refractivity (Wildman–Crippen MR) is 157 cm³/mol. The summed E-state index contributed by atoms with van der Waals surface area (Å²) in [5.41, 5.74) is 0.553. The quantitative estimate of drug-likeness (QED) is 0.264. The maximum Gasteiger partial charge on any atom is 0.264 e. The maximum atomic E-state index is 13.9. The van der Waals surface area contributed by atoms with Crippen molar-refractivity contribution in [3.63, 3.8) is 0 Å². The third-order valence-electron chi connectivity index (χ3n) is 5.88. The van der Waals surface area contributed by atoms with Crippen LogP contribution in [0, 0.1) is 0 Å². The van der Waals surface area contributed by atoms with Crippen LogP contribution < -0.4 is 9.62 Å². The molecule has 39 heavy (non-hydrogen) atoms. The van der Waals surface area contributed by atoms with E-state index in [2.05, 4.69) is 5.32 Å². The fourth-order valence-corrected chi connectivity index (χ4v) is 6.09. The average Bonchev–Trinajstić information content (AvgIpc) is 2.91. The number of anilines is 1. The van der Waals surface area contributed by atoms with Gasteiger partial charge in [-0.2, -0.15) is 0 Å². The number of carbonyl (C=O) groups excluding carboxylic acids is 2. The van der Waals surface area contributed by atoms with Gasteiger partial charge in [-0.1, -0.05) is 83.7 Å². The lowest BCUT2D eigenvalue weighted by atomic mass is 10.1. The highest BCUT2D eigenvalue weighted by molar-refractivity contribution is 7.92. The maximum absolute atomic E-state index is 13.9. The molecule has 0 aliphatic heterocycles. The van der Waals surface area contributed by atoms with E-state index in [9.17, 15) is 18.0 Å². The first-order chi connectivity index (χ1) is 18.5. The first-order valence-corrected chi connectivity index (χ1v) is 15.0. The lowest BCUT2D eigenvalue weighted by Crippen LogP contribution is -2.51. The Morgan fingerprint density at radius 1 is 0.923 bits per heavy atom. The van der Waals surface area contributed by atoms with Crippen LogP contribution in [0.15, 0.2) is 71.6 Å². The van der Waals surface area contributed by atoms with E-state index in [0.29, 0.717) is 28.6 Å². The molecule has 7 nitrogen and oxygen atoms in total. The van der Waals surface area contributed by atoms with Crippen molar-refractivity contribution in [3.8, 4) is 0 Å². The second-order valence-electron chi connectivity index (χ2n) is 8.62. The summed E-state index contributed by atoms with van der Waals surface area (Å²) in [5, 5.41) is 3.57. The zero-order valence-electron chi connectivity index (χ0n) is 21.2. The molecule has 2 amide bonds. The first-order valence-electron chi connectivity index (χ1n) is 12.0. The van der Waals surface area contributed by atoms with E-state index >= 15 is 0 Å². The Labute approximate surface area is 248 Å². The normalized spacial score (nSPS) is 12.1. The molecule has 0 fully saturated rings. The number of nitrogens with zero attached hydrogens (tertiary/aromatic N) is 2. The third kappa shape index (κ3) is 7.58. The number of halogens is 4. The van der Waals surface area contributed by atoms with E-state index in [4.69, 9.17) is 46.4 Å². The molecular weight excluding hydrogens is 604 g/mol. The molecule has 0 aliphatic carbocycles. The zero-order valence-corrected chi connectivity index (χ0v) is 25.0. The molecule has 0 saturated carbocycles. The largest absolute Gasteiger partial charge is 0.354 e. The highest BCUT2D eigenvalue weighted by Gasteiger charge is 2.33. The Balaban J connectivity index is 2.07. The topological polar surface area (TPSA) is 86.8 Å². The van der Waals surface area contributed by atoms with Crippen molar-refractivity contribution >= 4 is 73.9 Å². The van der Waals surface area contributed by atoms with Gasteiger partial charge >= 0.3 is 0 Å². The Kier molecular flexibility index (Phi) is 10.9. The molecule has 0 heterocycles. The van der Waals surface area contributed by atoms with Crippen LogP contribution in [0.25, 0.3) is 0 Å². The molecule has 1 N–H and O–H groups in total. The first kappa shape index (κ1) is 31.0. The van der Waals surface area contributed by atoms with E-state index in [0.717, 1.165) is 4.31 Å². The predicted octanol–water partition coefficient (Wildman–Crippen LogP) is 6.44. The summed E-state index contributed by atoms with van der Waals surface area (Å²) >= 11 is 25.0. The van der Waals surface area contributed by atoms with Crippen LogP contribution in [-0.4, -0.2) is 44.3 Å². The molecule has 0 spiro atoms. The SMILES string of the molecule is CCCNC(=O)[C@@H](C)N(Cc1ccc(Cl)cc1Cl)C(=O)CN(c1cccc(Cl)c1Cl)S(=O)(=O)c1ccccc1. The van der Waals surface area contributed by atoms with Gasteiger partial charge in [-0.25, -0.2) is 8.42 Å². The van der Waals surface area contributed by atoms with Gasteiger partial charge in [-0.05, 0) is 55.3 Å². The van der Waals surface area contributed by atoms with E-state index in [1.807, 2.05) is 6.92 Å². The number of rotatable bonds is 11. The van der Waals surface area contributed by atoms with Crippen LogP contribution in [0.2, 0.25) is 20.1 Å². The van der Waals surface area contributed by atoms with Crippen LogP contribution in [0.1, 0.15) is 25.8 Å². The molecule has 3 aromatic carbocycles. The van der Waals surface area contributed by atoms with Crippen molar-refractivity contribution in [3.05, 3.63) is 92.4 Å². The minimum Gasteiger partial charge on any atom is -0.354 e. The average molecular weight is 631 g/mol. The molecule has 1 atom stereocenters. The number of amides is 2. The van der Waals surface area contributed by atoms with Crippen molar-refractivity contribution in [2.24, 2.45) is 0 Å². The lowest BCUT2D eigenvalue weighted by molar-refractivity contribution is -0.139. The summed E-state index contributed by atoms with van der Waals surface area (Å²) < 4.78 is 28.5. The highest BCUT2D eigenvalue weighted by Crippen LogP contribution is 2.35. The zero-order chi connectivity index (χ0) is 28.7. The Morgan fingerprint density at radius 2 is 1.62 bits per heavy atom.